The van der Waals surface area contributed by atoms with E-state index in [9.17, 15) is 4.79 Å². The molecular weight excluding hydrogens is 408 g/mol. The minimum Gasteiger partial charge on any atom is -0.353 e. The van der Waals surface area contributed by atoms with Crippen molar-refractivity contribution in [3.63, 3.8) is 0 Å². The molecule has 0 atom stereocenters. The molecule has 1 aliphatic rings. The second kappa shape index (κ2) is 7.48. The van der Waals surface area contributed by atoms with Crippen molar-refractivity contribution in [1.82, 2.24) is 24.4 Å². The maximum absolute atomic E-state index is 12.7. The van der Waals surface area contributed by atoms with Gasteiger partial charge >= 0.3 is 0 Å². The van der Waals surface area contributed by atoms with Crippen LogP contribution in [-0.4, -0.2) is 56.5 Å². The number of nitrogens with zero attached hydrogens (tertiary/aromatic N) is 6. The van der Waals surface area contributed by atoms with Crippen LogP contribution >= 0.6 is 15.9 Å². The number of hydrogen-bond acceptors (Lipinski definition) is 5. The van der Waals surface area contributed by atoms with Crippen molar-refractivity contribution in [2.45, 2.75) is 6.92 Å². The first-order chi connectivity index (χ1) is 13.1. The predicted molar refractivity (Wildman–Crippen MR) is 106 cm³/mol. The molecule has 138 valence electrons. The molecule has 0 aromatic carbocycles. The van der Waals surface area contributed by atoms with E-state index in [-0.39, 0.29) is 5.91 Å². The Morgan fingerprint density at radius 3 is 2.41 bits per heavy atom. The number of amides is 1. The van der Waals surface area contributed by atoms with E-state index in [4.69, 9.17) is 0 Å². The fourth-order valence-electron chi connectivity index (χ4n) is 3.17. The second-order valence-corrected chi connectivity index (χ2v) is 7.31. The summed E-state index contributed by atoms with van der Waals surface area (Å²) in [6.07, 6.45) is 7.22. The Hall–Kier alpha value is -2.74. The van der Waals surface area contributed by atoms with E-state index in [1.54, 1.807) is 18.5 Å². The quantitative estimate of drug-likeness (QED) is 0.643. The highest BCUT2D eigenvalue weighted by Gasteiger charge is 2.23. The normalized spacial score (nSPS) is 14.4. The zero-order valence-electron chi connectivity index (χ0n) is 14.9. The SMILES string of the molecule is Cc1nc(N2CCN(C(=O)c3cncc(Br)c3)CC2)cc(-n2cccc2)n1. The fraction of sp³-hybridized carbons (Fsp3) is 0.263. The topological polar surface area (TPSA) is 67.2 Å². The maximum atomic E-state index is 12.7. The molecule has 0 saturated carbocycles. The summed E-state index contributed by atoms with van der Waals surface area (Å²) in [5.74, 6) is 2.48. The molecular formula is C19H19BrN6O. The third kappa shape index (κ3) is 3.85. The first-order valence-electron chi connectivity index (χ1n) is 8.74. The van der Waals surface area contributed by atoms with Crippen molar-refractivity contribution in [3.05, 3.63) is 64.9 Å². The van der Waals surface area contributed by atoms with Gasteiger partial charge in [0.1, 0.15) is 17.5 Å². The molecule has 8 heteroatoms. The van der Waals surface area contributed by atoms with Crippen LogP contribution in [0.4, 0.5) is 5.82 Å². The molecule has 1 fully saturated rings. The number of aromatic nitrogens is 4. The number of piperazine rings is 1. The third-order valence-electron chi connectivity index (χ3n) is 4.52. The van der Waals surface area contributed by atoms with E-state index in [0.29, 0.717) is 18.7 Å². The molecule has 4 rings (SSSR count). The van der Waals surface area contributed by atoms with Crippen molar-refractivity contribution in [2.24, 2.45) is 0 Å². The second-order valence-electron chi connectivity index (χ2n) is 6.39. The fourth-order valence-corrected chi connectivity index (χ4v) is 3.53. The van der Waals surface area contributed by atoms with Gasteiger partial charge in [0.25, 0.3) is 5.91 Å². The van der Waals surface area contributed by atoms with Crippen molar-refractivity contribution >= 4 is 27.7 Å². The van der Waals surface area contributed by atoms with Gasteiger partial charge in [-0.15, -0.1) is 0 Å². The van der Waals surface area contributed by atoms with Gasteiger partial charge in [0.15, 0.2) is 0 Å². The molecule has 1 aliphatic heterocycles. The maximum Gasteiger partial charge on any atom is 0.255 e. The lowest BCUT2D eigenvalue weighted by Gasteiger charge is -2.35. The number of aryl methyl sites for hydroxylation is 1. The molecule has 0 bridgehead atoms. The molecule has 0 spiro atoms. The Morgan fingerprint density at radius 2 is 1.70 bits per heavy atom. The summed E-state index contributed by atoms with van der Waals surface area (Å²) in [5, 5.41) is 0. The molecule has 0 N–H and O–H groups in total. The number of carbonyl (C=O) groups excluding carboxylic acids is 1. The van der Waals surface area contributed by atoms with Gasteiger partial charge in [-0.3, -0.25) is 9.78 Å². The van der Waals surface area contributed by atoms with E-state index < -0.39 is 0 Å². The Bertz CT molecular complexity index is 951. The summed E-state index contributed by atoms with van der Waals surface area (Å²) < 4.78 is 2.78. The van der Waals surface area contributed by atoms with Gasteiger partial charge < -0.3 is 14.4 Å². The lowest BCUT2D eigenvalue weighted by molar-refractivity contribution is 0.0746. The average Bonchev–Trinajstić information content (AvgIpc) is 3.22. The van der Waals surface area contributed by atoms with Gasteiger partial charge in [0.05, 0.1) is 5.56 Å². The summed E-state index contributed by atoms with van der Waals surface area (Å²) in [4.78, 5) is 29.9. The van der Waals surface area contributed by atoms with E-state index in [1.807, 2.05) is 47.0 Å². The number of rotatable bonds is 3. The van der Waals surface area contributed by atoms with E-state index in [0.717, 1.165) is 35.0 Å². The van der Waals surface area contributed by atoms with Crippen molar-refractivity contribution in [1.29, 1.82) is 0 Å². The standard InChI is InChI=1S/C19H19BrN6O/c1-14-22-17(24-4-2-3-5-24)11-18(23-14)25-6-8-26(9-7-25)19(27)15-10-16(20)13-21-12-15/h2-5,10-13H,6-9H2,1H3. The summed E-state index contributed by atoms with van der Waals surface area (Å²) in [6, 6.07) is 7.73. The highest BCUT2D eigenvalue weighted by Crippen LogP contribution is 2.19. The molecule has 0 aliphatic carbocycles. The van der Waals surface area contributed by atoms with Crippen LogP contribution in [0.1, 0.15) is 16.2 Å². The Balaban J connectivity index is 1.47. The molecule has 27 heavy (non-hydrogen) atoms. The first-order valence-corrected chi connectivity index (χ1v) is 9.53. The van der Waals surface area contributed by atoms with Crippen LogP contribution < -0.4 is 4.90 Å². The predicted octanol–water partition coefficient (Wildman–Crippen LogP) is 2.70. The van der Waals surface area contributed by atoms with E-state index in [2.05, 4.69) is 35.8 Å². The Morgan fingerprint density at radius 1 is 1.00 bits per heavy atom. The molecule has 3 aromatic heterocycles. The molecule has 0 radical (unpaired) electrons. The number of halogens is 1. The minimum atomic E-state index is 0.00958. The van der Waals surface area contributed by atoms with Crippen LogP contribution in [0.3, 0.4) is 0 Å². The molecule has 3 aromatic rings. The molecule has 4 heterocycles. The van der Waals surface area contributed by atoms with Crippen LogP contribution in [0.15, 0.2) is 53.5 Å². The highest BCUT2D eigenvalue weighted by atomic mass is 79.9. The molecule has 7 nitrogen and oxygen atoms in total. The lowest BCUT2D eigenvalue weighted by atomic mass is 10.2. The smallest absolute Gasteiger partial charge is 0.255 e. The van der Waals surface area contributed by atoms with Gasteiger partial charge in [0.2, 0.25) is 0 Å². The third-order valence-corrected chi connectivity index (χ3v) is 4.96. The van der Waals surface area contributed by atoms with Gasteiger partial charge in [0, 0.05) is 61.5 Å². The van der Waals surface area contributed by atoms with E-state index in [1.165, 1.54) is 0 Å². The summed E-state index contributed by atoms with van der Waals surface area (Å²) in [5.41, 5.74) is 0.602. The zero-order chi connectivity index (χ0) is 18.8. The average molecular weight is 427 g/mol. The van der Waals surface area contributed by atoms with Crippen molar-refractivity contribution in [3.8, 4) is 5.82 Å². The van der Waals surface area contributed by atoms with Crippen LogP contribution in [0.25, 0.3) is 5.82 Å². The number of pyridine rings is 1. The lowest BCUT2D eigenvalue weighted by Crippen LogP contribution is -2.49. The van der Waals surface area contributed by atoms with Crippen LogP contribution in [0.5, 0.6) is 0 Å². The monoisotopic (exact) mass is 426 g/mol. The zero-order valence-corrected chi connectivity index (χ0v) is 16.5. The Kier molecular flexibility index (Phi) is 4.89. The summed E-state index contributed by atoms with van der Waals surface area (Å²) in [7, 11) is 0. The van der Waals surface area contributed by atoms with Crippen LogP contribution in [-0.2, 0) is 0 Å². The van der Waals surface area contributed by atoms with Crippen LogP contribution in [0.2, 0.25) is 0 Å². The largest absolute Gasteiger partial charge is 0.353 e. The van der Waals surface area contributed by atoms with E-state index >= 15 is 0 Å². The number of carbonyl (C=O) groups is 1. The first kappa shape index (κ1) is 17.7. The Labute approximate surface area is 165 Å². The summed E-state index contributed by atoms with van der Waals surface area (Å²) >= 11 is 3.37. The van der Waals surface area contributed by atoms with Gasteiger partial charge in [-0.1, -0.05) is 0 Å². The van der Waals surface area contributed by atoms with Crippen molar-refractivity contribution in [2.75, 3.05) is 31.1 Å². The highest BCUT2D eigenvalue weighted by molar-refractivity contribution is 9.10. The van der Waals surface area contributed by atoms with Crippen molar-refractivity contribution < 1.29 is 4.79 Å². The number of hydrogen-bond donors (Lipinski definition) is 0. The van der Waals surface area contributed by atoms with Gasteiger partial charge in [-0.25, -0.2) is 9.97 Å². The van der Waals surface area contributed by atoms with Gasteiger partial charge in [-0.05, 0) is 41.1 Å². The minimum absolute atomic E-state index is 0.00958. The molecule has 1 amide bonds. The van der Waals surface area contributed by atoms with Crippen LogP contribution in [0, 0.1) is 6.92 Å². The molecule has 0 unspecified atom stereocenters. The summed E-state index contributed by atoms with van der Waals surface area (Å²) in [6.45, 7) is 4.65. The molecule has 1 saturated heterocycles. The van der Waals surface area contributed by atoms with Gasteiger partial charge in [-0.2, -0.15) is 0 Å². The number of anilines is 1.